The van der Waals surface area contributed by atoms with Crippen molar-refractivity contribution in [3.8, 4) is 0 Å². The van der Waals surface area contributed by atoms with Gasteiger partial charge in [0.25, 0.3) is 0 Å². The molecule has 0 aliphatic carbocycles. The van der Waals surface area contributed by atoms with Crippen LogP contribution in [0.25, 0.3) is 0 Å². The van der Waals surface area contributed by atoms with Gasteiger partial charge >= 0.3 is 0 Å². The van der Waals surface area contributed by atoms with Crippen molar-refractivity contribution in [1.29, 1.82) is 0 Å². The molecule has 1 aromatic rings. The van der Waals surface area contributed by atoms with Gasteiger partial charge in [-0.15, -0.1) is 6.58 Å². The maximum Gasteiger partial charge on any atom is 0.0501 e. The minimum atomic E-state index is -0.130. The minimum absolute atomic E-state index is 0.130. The maximum absolute atomic E-state index is 5.82. The van der Waals surface area contributed by atoms with Crippen molar-refractivity contribution >= 4 is 31.9 Å². The molecule has 1 nitrogen and oxygen atoms in total. The Hall–Kier alpha value is -0.120. The number of hydrogen-bond donors (Lipinski definition) is 1. The molecule has 1 atom stereocenters. The molecular weight excluding hydrogens is 282 g/mol. The molecule has 0 heterocycles. The first-order chi connectivity index (χ1) is 5.66. The topological polar surface area (TPSA) is 26.0 Å². The monoisotopic (exact) mass is 289 g/mol. The van der Waals surface area contributed by atoms with E-state index in [1.165, 1.54) is 0 Å². The molecule has 2 N–H and O–H groups in total. The van der Waals surface area contributed by atoms with Gasteiger partial charge in [-0.3, -0.25) is 0 Å². The van der Waals surface area contributed by atoms with Gasteiger partial charge < -0.3 is 5.73 Å². The lowest BCUT2D eigenvalue weighted by atomic mass is 10.1. The maximum atomic E-state index is 5.82. The van der Waals surface area contributed by atoms with E-state index in [1.807, 2.05) is 18.2 Å². The summed E-state index contributed by atoms with van der Waals surface area (Å²) >= 11 is 6.86. The predicted molar refractivity (Wildman–Crippen MR) is 59.0 cm³/mol. The first kappa shape index (κ1) is 9.96. The SMILES string of the molecule is C=CC(N)c1c(Br)cccc1Br. The molecule has 1 unspecified atom stereocenters. The summed E-state index contributed by atoms with van der Waals surface area (Å²) in [7, 11) is 0. The molecule has 0 aliphatic rings. The third-order valence-electron chi connectivity index (χ3n) is 1.59. The quantitative estimate of drug-likeness (QED) is 0.830. The molecule has 1 rings (SSSR count). The van der Waals surface area contributed by atoms with E-state index in [2.05, 4.69) is 38.4 Å². The summed E-state index contributed by atoms with van der Waals surface area (Å²) in [5.74, 6) is 0. The Kier molecular flexibility index (Phi) is 3.50. The molecule has 0 aromatic heterocycles. The van der Waals surface area contributed by atoms with Gasteiger partial charge in [-0.25, -0.2) is 0 Å². The van der Waals surface area contributed by atoms with Gasteiger partial charge in [-0.05, 0) is 12.1 Å². The highest BCUT2D eigenvalue weighted by molar-refractivity contribution is 9.11. The van der Waals surface area contributed by atoms with Crippen LogP contribution in [-0.4, -0.2) is 0 Å². The Bertz CT molecular complexity index is 276. The summed E-state index contributed by atoms with van der Waals surface area (Å²) in [5, 5.41) is 0. The average molecular weight is 291 g/mol. The summed E-state index contributed by atoms with van der Waals surface area (Å²) in [5.41, 5.74) is 6.85. The van der Waals surface area contributed by atoms with Crippen LogP contribution >= 0.6 is 31.9 Å². The normalized spacial score (nSPS) is 12.6. The second-order valence-corrected chi connectivity index (χ2v) is 4.11. The zero-order valence-corrected chi connectivity index (χ0v) is 9.60. The van der Waals surface area contributed by atoms with E-state index < -0.39 is 0 Å². The van der Waals surface area contributed by atoms with Gasteiger partial charge in [0.05, 0.1) is 6.04 Å². The van der Waals surface area contributed by atoms with Gasteiger partial charge in [-0.2, -0.15) is 0 Å². The van der Waals surface area contributed by atoms with Crippen LogP contribution < -0.4 is 5.73 Å². The Morgan fingerprint density at radius 3 is 2.25 bits per heavy atom. The summed E-state index contributed by atoms with van der Waals surface area (Å²) in [6, 6.07) is 5.75. The van der Waals surface area contributed by atoms with Gasteiger partial charge in [0.15, 0.2) is 0 Å². The van der Waals surface area contributed by atoms with Gasteiger partial charge in [0.1, 0.15) is 0 Å². The molecule has 0 fully saturated rings. The fourth-order valence-corrected chi connectivity index (χ4v) is 2.47. The van der Waals surface area contributed by atoms with E-state index in [-0.39, 0.29) is 6.04 Å². The molecule has 0 radical (unpaired) electrons. The van der Waals surface area contributed by atoms with E-state index in [9.17, 15) is 0 Å². The summed E-state index contributed by atoms with van der Waals surface area (Å²) in [4.78, 5) is 0. The van der Waals surface area contributed by atoms with Crippen molar-refractivity contribution in [3.05, 3.63) is 45.4 Å². The van der Waals surface area contributed by atoms with Gasteiger partial charge in [0.2, 0.25) is 0 Å². The molecule has 3 heteroatoms. The fraction of sp³-hybridized carbons (Fsp3) is 0.111. The molecule has 0 bridgehead atoms. The van der Waals surface area contributed by atoms with Crippen molar-refractivity contribution in [2.45, 2.75) is 6.04 Å². The van der Waals surface area contributed by atoms with Crippen molar-refractivity contribution in [3.63, 3.8) is 0 Å². The van der Waals surface area contributed by atoms with Crippen LogP contribution in [0.4, 0.5) is 0 Å². The van der Waals surface area contributed by atoms with Crippen LogP contribution in [-0.2, 0) is 0 Å². The average Bonchev–Trinajstić information content (AvgIpc) is 2.03. The second kappa shape index (κ2) is 4.21. The van der Waals surface area contributed by atoms with Crippen molar-refractivity contribution < 1.29 is 0 Å². The van der Waals surface area contributed by atoms with Crippen molar-refractivity contribution in [1.82, 2.24) is 0 Å². The first-order valence-electron chi connectivity index (χ1n) is 3.49. The van der Waals surface area contributed by atoms with E-state index >= 15 is 0 Å². The first-order valence-corrected chi connectivity index (χ1v) is 5.07. The van der Waals surface area contributed by atoms with E-state index in [1.54, 1.807) is 6.08 Å². The molecule has 64 valence electrons. The van der Waals surface area contributed by atoms with Crippen LogP contribution in [0.5, 0.6) is 0 Å². The number of halogens is 2. The zero-order chi connectivity index (χ0) is 9.14. The smallest absolute Gasteiger partial charge is 0.0501 e. The molecule has 0 spiro atoms. The third kappa shape index (κ3) is 1.97. The largest absolute Gasteiger partial charge is 0.321 e. The van der Waals surface area contributed by atoms with Gasteiger partial charge in [0, 0.05) is 14.5 Å². The summed E-state index contributed by atoms with van der Waals surface area (Å²) in [6.45, 7) is 3.65. The lowest BCUT2D eigenvalue weighted by Crippen LogP contribution is -2.07. The standard InChI is InChI=1S/C9H9Br2N/c1-2-8(12)9-6(10)4-3-5-7(9)11/h2-5,8H,1,12H2. The predicted octanol–water partition coefficient (Wildman–Crippen LogP) is 3.40. The van der Waals surface area contributed by atoms with Crippen LogP contribution in [0.15, 0.2) is 39.8 Å². The highest BCUT2D eigenvalue weighted by Gasteiger charge is 2.09. The molecular formula is C9H9Br2N. The summed E-state index contributed by atoms with van der Waals surface area (Å²) in [6.07, 6.45) is 1.71. The van der Waals surface area contributed by atoms with Crippen LogP contribution in [0.3, 0.4) is 0 Å². The highest BCUT2D eigenvalue weighted by atomic mass is 79.9. The Balaban J connectivity index is 3.20. The van der Waals surface area contributed by atoms with E-state index in [0.29, 0.717) is 0 Å². The van der Waals surface area contributed by atoms with Crippen LogP contribution in [0, 0.1) is 0 Å². The van der Waals surface area contributed by atoms with Crippen LogP contribution in [0.1, 0.15) is 11.6 Å². The number of benzene rings is 1. The number of rotatable bonds is 2. The second-order valence-electron chi connectivity index (χ2n) is 2.40. The Morgan fingerprint density at radius 2 is 1.83 bits per heavy atom. The Labute approximate surface area is 88.9 Å². The van der Waals surface area contributed by atoms with E-state index in [4.69, 9.17) is 5.73 Å². The molecule has 0 amide bonds. The lowest BCUT2D eigenvalue weighted by molar-refractivity contribution is 0.901. The fourth-order valence-electron chi connectivity index (χ4n) is 0.947. The van der Waals surface area contributed by atoms with Gasteiger partial charge in [-0.1, -0.05) is 44.0 Å². The van der Waals surface area contributed by atoms with Crippen molar-refractivity contribution in [2.75, 3.05) is 0 Å². The minimum Gasteiger partial charge on any atom is -0.321 e. The number of nitrogens with two attached hydrogens (primary N) is 1. The molecule has 1 aromatic carbocycles. The third-order valence-corrected chi connectivity index (χ3v) is 2.97. The number of hydrogen-bond acceptors (Lipinski definition) is 1. The van der Waals surface area contributed by atoms with Crippen LogP contribution in [0.2, 0.25) is 0 Å². The van der Waals surface area contributed by atoms with Crippen molar-refractivity contribution in [2.24, 2.45) is 5.73 Å². The highest BCUT2D eigenvalue weighted by Crippen LogP contribution is 2.29. The summed E-state index contributed by atoms with van der Waals surface area (Å²) < 4.78 is 2.01. The zero-order valence-electron chi connectivity index (χ0n) is 6.43. The molecule has 0 saturated heterocycles. The lowest BCUT2D eigenvalue weighted by Gasteiger charge is -2.10. The molecule has 0 saturated carbocycles. The molecule has 0 aliphatic heterocycles. The molecule has 12 heavy (non-hydrogen) atoms. The Morgan fingerprint density at radius 1 is 1.33 bits per heavy atom. The van der Waals surface area contributed by atoms with E-state index in [0.717, 1.165) is 14.5 Å².